The number of rotatable bonds is 2. The average Bonchev–Trinajstić information content (AvgIpc) is 2.31. The lowest BCUT2D eigenvalue weighted by Crippen LogP contribution is -1.87. The first-order valence-corrected chi connectivity index (χ1v) is 4.83. The zero-order valence-electron chi connectivity index (χ0n) is 8.77. The van der Waals surface area contributed by atoms with Gasteiger partial charge in [-0.1, -0.05) is 12.1 Å². The van der Waals surface area contributed by atoms with Crippen LogP contribution in [0, 0.1) is 5.82 Å². The lowest BCUT2D eigenvalue weighted by atomic mass is 10.0. The van der Waals surface area contributed by atoms with Gasteiger partial charge >= 0.3 is 0 Å². The summed E-state index contributed by atoms with van der Waals surface area (Å²) in [6, 6.07) is 10.9. The predicted octanol–water partition coefficient (Wildman–Crippen LogP) is 3.21. The van der Waals surface area contributed by atoms with Crippen molar-refractivity contribution in [1.29, 1.82) is 0 Å². The third kappa shape index (κ3) is 1.98. The molecule has 1 N–H and O–H groups in total. The molecule has 0 aliphatic rings. The van der Waals surface area contributed by atoms with E-state index in [0.717, 1.165) is 0 Å². The molecule has 16 heavy (non-hydrogen) atoms. The highest BCUT2D eigenvalue weighted by atomic mass is 19.1. The maximum absolute atomic E-state index is 13.6. The van der Waals surface area contributed by atoms with Crippen molar-refractivity contribution in [2.75, 3.05) is 7.11 Å². The number of halogens is 1. The van der Waals surface area contributed by atoms with Gasteiger partial charge in [0.15, 0.2) is 0 Å². The summed E-state index contributed by atoms with van der Waals surface area (Å²) in [6.45, 7) is 0. The molecule has 2 rings (SSSR count). The van der Waals surface area contributed by atoms with E-state index in [-0.39, 0.29) is 11.6 Å². The summed E-state index contributed by atoms with van der Waals surface area (Å²) in [5, 5.41) is 9.16. The van der Waals surface area contributed by atoms with Gasteiger partial charge in [-0.3, -0.25) is 0 Å². The number of ether oxygens (including phenoxy) is 1. The second kappa shape index (κ2) is 4.23. The van der Waals surface area contributed by atoms with Crippen LogP contribution in [0.25, 0.3) is 11.1 Å². The molecule has 0 heterocycles. The molecule has 0 aliphatic carbocycles. The van der Waals surface area contributed by atoms with Crippen molar-refractivity contribution >= 4 is 0 Å². The zero-order chi connectivity index (χ0) is 11.5. The summed E-state index contributed by atoms with van der Waals surface area (Å²) < 4.78 is 18.6. The van der Waals surface area contributed by atoms with E-state index in [4.69, 9.17) is 9.84 Å². The molecule has 3 heteroatoms. The molecule has 0 spiro atoms. The van der Waals surface area contributed by atoms with Crippen molar-refractivity contribution in [1.82, 2.24) is 0 Å². The largest absolute Gasteiger partial charge is 0.508 e. The van der Waals surface area contributed by atoms with E-state index >= 15 is 0 Å². The minimum Gasteiger partial charge on any atom is -0.508 e. The Labute approximate surface area is 92.9 Å². The van der Waals surface area contributed by atoms with Crippen molar-refractivity contribution in [3.05, 3.63) is 48.3 Å². The van der Waals surface area contributed by atoms with Gasteiger partial charge in [-0.05, 0) is 35.9 Å². The molecule has 0 bridgehead atoms. The van der Waals surface area contributed by atoms with Gasteiger partial charge in [0.25, 0.3) is 0 Å². The molecule has 2 nitrogen and oxygen atoms in total. The SMILES string of the molecule is COc1ccc(F)c(-c2ccc(O)cc2)c1. The minimum atomic E-state index is -0.313. The summed E-state index contributed by atoms with van der Waals surface area (Å²) >= 11 is 0. The molecular weight excluding hydrogens is 207 g/mol. The standard InChI is InChI=1S/C13H11FO2/c1-16-11-6-7-13(14)12(8-11)9-2-4-10(15)5-3-9/h2-8,15H,1H3. The van der Waals surface area contributed by atoms with Crippen molar-refractivity contribution in [2.45, 2.75) is 0 Å². The molecule has 0 fully saturated rings. The van der Waals surface area contributed by atoms with Gasteiger partial charge < -0.3 is 9.84 Å². The molecule has 0 saturated heterocycles. The average molecular weight is 218 g/mol. The molecule has 0 saturated carbocycles. The van der Waals surface area contributed by atoms with E-state index in [9.17, 15) is 4.39 Å². The van der Waals surface area contributed by atoms with E-state index in [1.807, 2.05) is 0 Å². The molecular formula is C13H11FO2. The second-order valence-electron chi connectivity index (χ2n) is 3.39. The number of methoxy groups -OCH3 is 1. The third-order valence-electron chi connectivity index (χ3n) is 2.35. The predicted molar refractivity (Wildman–Crippen MR) is 60.1 cm³/mol. The molecule has 2 aromatic rings. The van der Waals surface area contributed by atoms with Gasteiger partial charge in [-0.15, -0.1) is 0 Å². The smallest absolute Gasteiger partial charge is 0.131 e. The first-order valence-electron chi connectivity index (χ1n) is 4.83. The fourth-order valence-electron chi connectivity index (χ4n) is 1.49. The Morgan fingerprint density at radius 1 is 1.06 bits per heavy atom. The fourth-order valence-corrected chi connectivity index (χ4v) is 1.49. The molecule has 0 atom stereocenters. The molecule has 82 valence electrons. The summed E-state index contributed by atoms with van der Waals surface area (Å²) in [7, 11) is 1.54. The lowest BCUT2D eigenvalue weighted by Gasteiger charge is -2.06. The lowest BCUT2D eigenvalue weighted by molar-refractivity contribution is 0.414. The molecule has 2 aromatic carbocycles. The van der Waals surface area contributed by atoms with Crippen LogP contribution in [0.15, 0.2) is 42.5 Å². The maximum Gasteiger partial charge on any atom is 0.131 e. The monoisotopic (exact) mass is 218 g/mol. The van der Waals surface area contributed by atoms with Gasteiger partial charge in [0.2, 0.25) is 0 Å². The third-order valence-corrected chi connectivity index (χ3v) is 2.35. The van der Waals surface area contributed by atoms with Crippen molar-refractivity contribution in [3.8, 4) is 22.6 Å². The van der Waals surface area contributed by atoms with Gasteiger partial charge in [-0.25, -0.2) is 4.39 Å². The summed E-state index contributed by atoms with van der Waals surface area (Å²) in [5.74, 6) is 0.447. The second-order valence-corrected chi connectivity index (χ2v) is 3.39. The zero-order valence-corrected chi connectivity index (χ0v) is 8.77. The van der Waals surface area contributed by atoms with Crippen LogP contribution >= 0.6 is 0 Å². The number of benzene rings is 2. The van der Waals surface area contributed by atoms with Crippen LogP contribution in [0.4, 0.5) is 4.39 Å². The van der Waals surface area contributed by atoms with E-state index in [2.05, 4.69) is 0 Å². The Hall–Kier alpha value is -2.03. The molecule has 0 radical (unpaired) electrons. The van der Waals surface area contributed by atoms with Crippen molar-refractivity contribution < 1.29 is 14.2 Å². The summed E-state index contributed by atoms with van der Waals surface area (Å²) in [6.07, 6.45) is 0. The molecule has 0 unspecified atom stereocenters. The van der Waals surface area contributed by atoms with Crippen LogP contribution < -0.4 is 4.74 Å². The van der Waals surface area contributed by atoms with Crippen molar-refractivity contribution in [3.63, 3.8) is 0 Å². The Morgan fingerprint density at radius 2 is 1.75 bits per heavy atom. The van der Waals surface area contributed by atoms with E-state index < -0.39 is 0 Å². The minimum absolute atomic E-state index is 0.159. The molecule has 0 aromatic heterocycles. The summed E-state index contributed by atoms with van der Waals surface area (Å²) in [4.78, 5) is 0. The first kappa shape index (κ1) is 10.5. The van der Waals surface area contributed by atoms with Crippen LogP contribution in [0.5, 0.6) is 11.5 Å². The van der Waals surface area contributed by atoms with Crippen LogP contribution in [-0.2, 0) is 0 Å². The highest BCUT2D eigenvalue weighted by Gasteiger charge is 2.06. The van der Waals surface area contributed by atoms with E-state index in [0.29, 0.717) is 16.9 Å². The van der Waals surface area contributed by atoms with Gasteiger partial charge in [0, 0.05) is 5.56 Å². The molecule has 0 amide bonds. The van der Waals surface area contributed by atoms with Crippen LogP contribution in [0.2, 0.25) is 0 Å². The first-order chi connectivity index (χ1) is 7.70. The van der Waals surface area contributed by atoms with E-state index in [1.54, 1.807) is 24.3 Å². The Morgan fingerprint density at radius 3 is 2.38 bits per heavy atom. The quantitative estimate of drug-likeness (QED) is 0.838. The number of hydrogen-bond donors (Lipinski definition) is 1. The fraction of sp³-hybridized carbons (Fsp3) is 0.0769. The number of aromatic hydroxyl groups is 1. The Balaban J connectivity index is 2.50. The molecule has 0 aliphatic heterocycles. The topological polar surface area (TPSA) is 29.5 Å². The van der Waals surface area contributed by atoms with Gasteiger partial charge in [0.05, 0.1) is 7.11 Å². The number of hydrogen-bond acceptors (Lipinski definition) is 2. The normalized spacial score (nSPS) is 10.1. The highest BCUT2D eigenvalue weighted by molar-refractivity contribution is 5.66. The van der Waals surface area contributed by atoms with Crippen molar-refractivity contribution in [2.24, 2.45) is 0 Å². The van der Waals surface area contributed by atoms with Gasteiger partial charge in [-0.2, -0.15) is 0 Å². The van der Waals surface area contributed by atoms with Gasteiger partial charge in [0.1, 0.15) is 17.3 Å². The Kier molecular flexibility index (Phi) is 2.77. The van der Waals surface area contributed by atoms with Crippen LogP contribution in [0.3, 0.4) is 0 Å². The van der Waals surface area contributed by atoms with Crippen LogP contribution in [0.1, 0.15) is 0 Å². The number of phenols is 1. The Bertz CT molecular complexity index is 492. The van der Waals surface area contributed by atoms with E-state index in [1.165, 1.54) is 25.3 Å². The summed E-state index contributed by atoms with van der Waals surface area (Å²) in [5.41, 5.74) is 1.16. The highest BCUT2D eigenvalue weighted by Crippen LogP contribution is 2.28. The number of phenolic OH excluding ortho intramolecular Hbond substituents is 1. The van der Waals surface area contributed by atoms with Crippen LogP contribution in [-0.4, -0.2) is 12.2 Å². The maximum atomic E-state index is 13.6.